The van der Waals surface area contributed by atoms with E-state index in [1.54, 1.807) is 0 Å². The molecule has 0 aliphatic carbocycles. The van der Waals surface area contributed by atoms with Crippen molar-refractivity contribution in [3.8, 4) is 0 Å². The normalized spacial score (nSPS) is 10.1. The Labute approximate surface area is 109 Å². The summed E-state index contributed by atoms with van der Waals surface area (Å²) in [7, 11) is 0. The molecule has 10 heteroatoms. The van der Waals surface area contributed by atoms with Crippen LogP contribution in [0.1, 0.15) is 5.56 Å². The van der Waals surface area contributed by atoms with Crippen LogP contribution in [0.25, 0.3) is 0 Å². The predicted molar refractivity (Wildman–Crippen MR) is 61.1 cm³/mol. The topological polar surface area (TPSA) is 124 Å². The Morgan fingerprint density at radius 3 is 1.83 bits per heavy atom. The molecule has 1 N–H and O–H groups in total. The smallest absolute Gasteiger partial charge is 0.307 e. The molecule has 0 fully saturated rings. The number of nitro groups is 2. The van der Waals surface area contributed by atoms with Gasteiger partial charge in [0.2, 0.25) is 0 Å². The number of nitro benzene ring substituents is 2. The Hall–Kier alpha value is -1.93. The Bertz CT molecular complexity index is 521. The van der Waals surface area contributed by atoms with E-state index < -0.39 is 43.7 Å². The number of rotatable bonds is 4. The summed E-state index contributed by atoms with van der Waals surface area (Å²) in [6.07, 6.45) is -0.750. The van der Waals surface area contributed by atoms with Crippen LogP contribution in [0, 0.1) is 20.2 Å². The van der Waals surface area contributed by atoms with Crippen LogP contribution in [-0.4, -0.2) is 20.9 Å². The molecule has 0 saturated heterocycles. The molecule has 0 heterocycles. The Balaban J connectivity index is 3.61. The number of carboxylic acids is 1. The summed E-state index contributed by atoms with van der Waals surface area (Å²) >= 11 is 11.2. The number of hydrogen-bond donors (Lipinski definition) is 1. The molecule has 0 aliphatic heterocycles. The second-order valence-electron chi connectivity index (χ2n) is 3.11. The average Bonchev–Trinajstić information content (AvgIpc) is 2.22. The molecule has 0 unspecified atom stereocenters. The molecule has 8 nitrogen and oxygen atoms in total. The molecule has 0 amide bonds. The van der Waals surface area contributed by atoms with Gasteiger partial charge in [0, 0.05) is 5.56 Å². The molecule has 1 aromatic rings. The Kier molecular flexibility index (Phi) is 4.04. The van der Waals surface area contributed by atoms with E-state index in [-0.39, 0.29) is 5.56 Å². The first-order valence-corrected chi connectivity index (χ1v) is 5.02. The summed E-state index contributed by atoms with van der Waals surface area (Å²) in [5, 5.41) is 28.9. The van der Waals surface area contributed by atoms with Gasteiger partial charge in [-0.3, -0.25) is 25.0 Å². The van der Waals surface area contributed by atoms with E-state index >= 15 is 0 Å². The summed E-state index contributed by atoms with van der Waals surface area (Å²) < 4.78 is 0. The summed E-state index contributed by atoms with van der Waals surface area (Å²) in [6, 6.07) is 0.593. The molecule has 0 radical (unpaired) electrons. The number of hydrogen-bond acceptors (Lipinski definition) is 5. The lowest BCUT2D eigenvalue weighted by Gasteiger charge is -2.05. The van der Waals surface area contributed by atoms with E-state index in [1.165, 1.54) is 0 Å². The van der Waals surface area contributed by atoms with Gasteiger partial charge in [0.15, 0.2) is 0 Å². The second-order valence-corrected chi connectivity index (χ2v) is 3.86. The lowest BCUT2D eigenvalue weighted by Crippen LogP contribution is -2.05. The van der Waals surface area contributed by atoms with Crippen LogP contribution in [0.3, 0.4) is 0 Å². The van der Waals surface area contributed by atoms with Crippen molar-refractivity contribution in [2.75, 3.05) is 0 Å². The van der Waals surface area contributed by atoms with Gasteiger partial charge in [-0.2, -0.15) is 0 Å². The number of nitrogens with zero attached hydrogens (tertiary/aromatic N) is 2. The third-order valence-electron chi connectivity index (χ3n) is 1.97. The van der Waals surface area contributed by atoms with Crippen LogP contribution in [0.5, 0.6) is 0 Å². The van der Waals surface area contributed by atoms with E-state index in [4.69, 9.17) is 28.3 Å². The van der Waals surface area contributed by atoms with E-state index in [2.05, 4.69) is 0 Å². The molecule has 0 spiro atoms. The van der Waals surface area contributed by atoms with Crippen molar-refractivity contribution in [2.24, 2.45) is 0 Å². The van der Waals surface area contributed by atoms with Crippen LogP contribution in [0.2, 0.25) is 10.0 Å². The molecular formula is C8H4Cl2N2O6. The fourth-order valence-electron chi connectivity index (χ4n) is 1.23. The van der Waals surface area contributed by atoms with Crippen molar-refractivity contribution in [1.29, 1.82) is 0 Å². The number of aliphatic carboxylic acids is 1. The molecule has 0 bridgehead atoms. The number of halogens is 2. The lowest BCUT2D eigenvalue weighted by molar-refractivity contribution is -0.394. The van der Waals surface area contributed by atoms with Crippen molar-refractivity contribution >= 4 is 40.5 Å². The van der Waals surface area contributed by atoms with Crippen LogP contribution in [-0.2, 0) is 11.2 Å². The highest BCUT2D eigenvalue weighted by atomic mass is 35.5. The second kappa shape index (κ2) is 5.15. The minimum absolute atomic E-state index is 0.355. The van der Waals surface area contributed by atoms with Crippen LogP contribution < -0.4 is 0 Å². The first-order valence-electron chi connectivity index (χ1n) is 4.27. The van der Waals surface area contributed by atoms with Crippen LogP contribution in [0.4, 0.5) is 11.4 Å². The van der Waals surface area contributed by atoms with Gasteiger partial charge in [-0.05, 0) is 0 Å². The number of carbonyl (C=O) groups is 1. The molecule has 1 aromatic carbocycles. The van der Waals surface area contributed by atoms with Gasteiger partial charge in [0.1, 0.15) is 10.0 Å². The fraction of sp³-hybridized carbons (Fsp3) is 0.125. The van der Waals surface area contributed by atoms with E-state index in [1.807, 2.05) is 0 Å². The Morgan fingerprint density at radius 2 is 1.56 bits per heavy atom. The highest BCUT2D eigenvalue weighted by Gasteiger charge is 2.29. The fourth-order valence-corrected chi connectivity index (χ4v) is 1.85. The van der Waals surface area contributed by atoms with Crippen molar-refractivity contribution in [3.63, 3.8) is 0 Å². The summed E-state index contributed by atoms with van der Waals surface area (Å²) in [5.41, 5.74) is -1.88. The Morgan fingerprint density at radius 1 is 1.17 bits per heavy atom. The van der Waals surface area contributed by atoms with Crippen molar-refractivity contribution in [1.82, 2.24) is 0 Å². The van der Waals surface area contributed by atoms with Gasteiger partial charge in [-0.1, -0.05) is 23.2 Å². The van der Waals surface area contributed by atoms with Gasteiger partial charge in [-0.25, -0.2) is 0 Å². The quantitative estimate of drug-likeness (QED) is 0.672. The minimum Gasteiger partial charge on any atom is -0.481 e. The molecule has 0 aliphatic rings. The summed E-state index contributed by atoms with van der Waals surface area (Å²) in [4.78, 5) is 30.0. The molecule has 18 heavy (non-hydrogen) atoms. The zero-order valence-corrected chi connectivity index (χ0v) is 9.94. The van der Waals surface area contributed by atoms with E-state index in [9.17, 15) is 25.0 Å². The molecule has 0 atom stereocenters. The maximum absolute atomic E-state index is 10.7. The molecule has 0 aromatic heterocycles. The zero-order valence-electron chi connectivity index (χ0n) is 8.42. The van der Waals surface area contributed by atoms with Gasteiger partial charge >= 0.3 is 5.97 Å². The molecule has 0 saturated carbocycles. The van der Waals surface area contributed by atoms with Crippen LogP contribution >= 0.6 is 23.2 Å². The monoisotopic (exact) mass is 294 g/mol. The molecule has 96 valence electrons. The van der Waals surface area contributed by atoms with Crippen LogP contribution in [0.15, 0.2) is 6.07 Å². The van der Waals surface area contributed by atoms with Crippen molar-refractivity contribution in [2.45, 2.75) is 6.42 Å². The first-order chi connectivity index (χ1) is 8.25. The number of benzene rings is 1. The van der Waals surface area contributed by atoms with Gasteiger partial charge in [-0.15, -0.1) is 0 Å². The van der Waals surface area contributed by atoms with Gasteiger partial charge in [0.05, 0.1) is 22.3 Å². The minimum atomic E-state index is -1.37. The van der Waals surface area contributed by atoms with Crippen molar-refractivity contribution < 1.29 is 19.7 Å². The summed E-state index contributed by atoms with van der Waals surface area (Å²) in [6.45, 7) is 0. The van der Waals surface area contributed by atoms with E-state index in [0.717, 1.165) is 0 Å². The molecular weight excluding hydrogens is 291 g/mol. The summed E-state index contributed by atoms with van der Waals surface area (Å²) in [5.74, 6) is -1.37. The van der Waals surface area contributed by atoms with E-state index in [0.29, 0.717) is 6.07 Å². The lowest BCUT2D eigenvalue weighted by atomic mass is 10.1. The van der Waals surface area contributed by atoms with Gasteiger partial charge < -0.3 is 5.11 Å². The standard InChI is InChI=1S/C8H4Cl2N2O6/c9-7-3(1-6(13)14)8(10)5(12(17)18)2-4(7)11(15)16/h2H,1H2,(H,13,14). The highest BCUT2D eigenvalue weighted by molar-refractivity contribution is 6.38. The third-order valence-corrected chi connectivity index (χ3v) is 2.82. The predicted octanol–water partition coefficient (Wildman–Crippen LogP) is 2.44. The zero-order chi connectivity index (χ0) is 14.0. The largest absolute Gasteiger partial charge is 0.481 e. The van der Waals surface area contributed by atoms with Gasteiger partial charge in [0.25, 0.3) is 11.4 Å². The average molecular weight is 295 g/mol. The highest BCUT2D eigenvalue weighted by Crippen LogP contribution is 2.40. The number of carboxylic acid groups (broad SMARTS) is 1. The maximum Gasteiger partial charge on any atom is 0.307 e. The molecule has 1 rings (SSSR count). The first kappa shape index (κ1) is 14.1. The van der Waals surface area contributed by atoms with Crippen molar-refractivity contribution in [3.05, 3.63) is 41.9 Å². The SMILES string of the molecule is O=C(O)Cc1c(Cl)c([N+](=O)[O-])cc([N+](=O)[O-])c1Cl. The maximum atomic E-state index is 10.7. The third kappa shape index (κ3) is 2.66.